The van der Waals surface area contributed by atoms with Crippen LogP contribution >= 0.6 is 0 Å². The van der Waals surface area contributed by atoms with E-state index in [1.807, 2.05) is 0 Å². The van der Waals surface area contributed by atoms with Gasteiger partial charge < -0.3 is 9.84 Å². The van der Waals surface area contributed by atoms with Gasteiger partial charge in [-0.05, 0) is 30.9 Å². The van der Waals surface area contributed by atoms with Crippen LogP contribution in [0.3, 0.4) is 0 Å². The van der Waals surface area contributed by atoms with E-state index in [1.54, 1.807) is 13.0 Å². The molecule has 28 heavy (non-hydrogen) atoms. The van der Waals surface area contributed by atoms with Gasteiger partial charge in [0.2, 0.25) is 0 Å². The lowest BCUT2D eigenvalue weighted by Gasteiger charge is -2.25. The van der Waals surface area contributed by atoms with Crippen molar-refractivity contribution in [1.29, 1.82) is 0 Å². The number of carbonyl (C=O) groups is 1. The molecule has 2 fully saturated rings. The van der Waals surface area contributed by atoms with Crippen LogP contribution in [0.5, 0.6) is 0 Å². The van der Waals surface area contributed by atoms with E-state index in [1.165, 1.54) is 11.1 Å². The SMILES string of the molecule is Cc1cc(C(=O)NC2CS(=O)(=O)C3CN(C4Cc5ccccc5C4)CC23)no1. The summed E-state index contributed by atoms with van der Waals surface area (Å²) in [5.74, 6) is 0.105. The van der Waals surface area contributed by atoms with Crippen molar-refractivity contribution in [2.45, 2.75) is 37.1 Å². The molecule has 148 valence electrons. The fourth-order valence-electron chi connectivity index (χ4n) is 5.05. The van der Waals surface area contributed by atoms with Crippen LogP contribution in [0.25, 0.3) is 0 Å². The third kappa shape index (κ3) is 2.95. The number of benzene rings is 1. The highest BCUT2D eigenvalue weighted by molar-refractivity contribution is 7.92. The number of hydrogen-bond acceptors (Lipinski definition) is 6. The molecular weight excluding hydrogens is 378 g/mol. The molecule has 0 spiro atoms. The topological polar surface area (TPSA) is 92.5 Å². The molecule has 3 atom stereocenters. The van der Waals surface area contributed by atoms with Crippen LogP contribution in [0.2, 0.25) is 0 Å². The maximum atomic E-state index is 12.7. The molecule has 1 amide bonds. The number of rotatable bonds is 3. The van der Waals surface area contributed by atoms with Gasteiger partial charge in [-0.1, -0.05) is 29.4 Å². The number of fused-ring (bicyclic) bond motifs is 2. The van der Waals surface area contributed by atoms with Gasteiger partial charge in [0.05, 0.1) is 11.0 Å². The smallest absolute Gasteiger partial charge is 0.273 e. The Kier molecular flexibility index (Phi) is 4.10. The van der Waals surface area contributed by atoms with Crippen molar-refractivity contribution in [2.75, 3.05) is 18.8 Å². The van der Waals surface area contributed by atoms with E-state index in [4.69, 9.17) is 4.52 Å². The van der Waals surface area contributed by atoms with Gasteiger partial charge >= 0.3 is 0 Å². The highest BCUT2D eigenvalue weighted by Gasteiger charge is 2.53. The summed E-state index contributed by atoms with van der Waals surface area (Å²) in [6, 6.07) is 9.95. The summed E-state index contributed by atoms with van der Waals surface area (Å²) < 4.78 is 30.4. The molecular formula is C20H23N3O4S. The second kappa shape index (κ2) is 6.42. The highest BCUT2D eigenvalue weighted by atomic mass is 32.2. The first-order chi connectivity index (χ1) is 13.4. The Labute approximate surface area is 164 Å². The molecule has 7 nitrogen and oxygen atoms in total. The molecule has 1 aromatic heterocycles. The number of aromatic nitrogens is 1. The van der Waals surface area contributed by atoms with E-state index in [9.17, 15) is 13.2 Å². The quantitative estimate of drug-likeness (QED) is 0.824. The molecule has 0 saturated carbocycles. The maximum absolute atomic E-state index is 12.7. The van der Waals surface area contributed by atoms with Crippen LogP contribution in [-0.2, 0) is 22.7 Å². The van der Waals surface area contributed by atoms with Crippen molar-refractivity contribution in [3.05, 3.63) is 52.9 Å². The summed E-state index contributed by atoms with van der Waals surface area (Å²) in [7, 11) is -3.23. The fourth-order valence-corrected chi connectivity index (χ4v) is 7.35. The van der Waals surface area contributed by atoms with E-state index < -0.39 is 15.1 Å². The summed E-state index contributed by atoms with van der Waals surface area (Å²) in [4.78, 5) is 14.8. The number of sulfone groups is 1. The average molecular weight is 401 g/mol. The fraction of sp³-hybridized carbons (Fsp3) is 0.500. The van der Waals surface area contributed by atoms with Crippen LogP contribution in [0.15, 0.2) is 34.9 Å². The normalized spacial score (nSPS) is 29.0. The summed E-state index contributed by atoms with van der Waals surface area (Å²) >= 11 is 0. The zero-order chi connectivity index (χ0) is 19.5. The predicted octanol–water partition coefficient (Wildman–Crippen LogP) is 0.978. The molecule has 2 saturated heterocycles. The van der Waals surface area contributed by atoms with Gasteiger partial charge in [-0.2, -0.15) is 0 Å². The standard InChI is InChI=1S/C20H23N3O4S/c1-12-6-17(22-27-12)20(24)21-18-11-28(25,26)19-10-23(9-16(18)19)15-7-13-4-2-3-5-14(13)8-15/h2-6,15-16,18-19H,7-11H2,1H3,(H,21,24). The molecule has 0 bridgehead atoms. The molecule has 1 aliphatic carbocycles. The molecule has 3 aliphatic rings. The van der Waals surface area contributed by atoms with Crippen LogP contribution in [-0.4, -0.2) is 60.6 Å². The lowest BCUT2D eigenvalue weighted by molar-refractivity contribution is 0.0920. The zero-order valence-electron chi connectivity index (χ0n) is 15.7. The molecule has 1 N–H and O–H groups in total. The summed E-state index contributed by atoms with van der Waals surface area (Å²) in [6.07, 6.45) is 1.93. The second-order valence-corrected chi connectivity index (χ2v) is 10.5. The number of aryl methyl sites for hydroxylation is 1. The van der Waals surface area contributed by atoms with Crippen molar-refractivity contribution in [3.63, 3.8) is 0 Å². The van der Waals surface area contributed by atoms with Crippen LogP contribution in [0.1, 0.15) is 27.4 Å². The molecule has 3 unspecified atom stereocenters. The first-order valence-corrected chi connectivity index (χ1v) is 11.4. The highest BCUT2D eigenvalue weighted by Crippen LogP contribution is 2.37. The summed E-state index contributed by atoms with van der Waals surface area (Å²) in [5, 5.41) is 6.23. The lowest BCUT2D eigenvalue weighted by atomic mass is 10.0. The second-order valence-electron chi connectivity index (χ2n) is 8.22. The van der Waals surface area contributed by atoms with Gasteiger partial charge in [-0.15, -0.1) is 0 Å². The number of amides is 1. The van der Waals surface area contributed by atoms with E-state index in [0.29, 0.717) is 24.9 Å². The molecule has 3 heterocycles. The van der Waals surface area contributed by atoms with Gasteiger partial charge in [0, 0.05) is 37.2 Å². The van der Waals surface area contributed by atoms with E-state index in [-0.39, 0.29) is 29.3 Å². The van der Waals surface area contributed by atoms with Crippen LogP contribution in [0.4, 0.5) is 0 Å². The lowest BCUT2D eigenvalue weighted by Crippen LogP contribution is -2.43. The minimum atomic E-state index is -3.23. The predicted molar refractivity (Wildman–Crippen MR) is 103 cm³/mol. The Morgan fingerprint density at radius 1 is 1.21 bits per heavy atom. The Bertz CT molecular complexity index is 1010. The molecule has 8 heteroatoms. The summed E-state index contributed by atoms with van der Waals surface area (Å²) in [5.41, 5.74) is 2.91. The van der Waals surface area contributed by atoms with Gasteiger partial charge in [0.15, 0.2) is 15.5 Å². The first-order valence-electron chi connectivity index (χ1n) is 9.67. The van der Waals surface area contributed by atoms with Crippen molar-refractivity contribution in [1.82, 2.24) is 15.4 Å². The third-order valence-electron chi connectivity index (χ3n) is 6.45. The van der Waals surface area contributed by atoms with Gasteiger partial charge in [0.1, 0.15) is 5.76 Å². The third-order valence-corrected chi connectivity index (χ3v) is 8.70. The number of nitrogens with one attached hydrogen (secondary N) is 1. The van der Waals surface area contributed by atoms with E-state index in [0.717, 1.165) is 12.8 Å². The number of nitrogens with zero attached hydrogens (tertiary/aromatic N) is 2. The zero-order valence-corrected chi connectivity index (χ0v) is 16.5. The molecule has 2 aliphatic heterocycles. The number of carbonyl (C=O) groups excluding carboxylic acids is 1. The molecule has 2 aromatic rings. The van der Waals surface area contributed by atoms with Crippen molar-refractivity contribution >= 4 is 15.7 Å². The minimum absolute atomic E-state index is 0.00361. The van der Waals surface area contributed by atoms with Crippen molar-refractivity contribution in [2.24, 2.45) is 5.92 Å². The van der Waals surface area contributed by atoms with E-state index >= 15 is 0 Å². The van der Waals surface area contributed by atoms with Gasteiger partial charge in [0.25, 0.3) is 5.91 Å². The first kappa shape index (κ1) is 17.9. The van der Waals surface area contributed by atoms with Crippen molar-refractivity contribution < 1.29 is 17.7 Å². The monoisotopic (exact) mass is 401 g/mol. The van der Waals surface area contributed by atoms with E-state index in [2.05, 4.69) is 39.6 Å². The molecule has 1 aromatic carbocycles. The Hall–Kier alpha value is -2.19. The molecule has 0 radical (unpaired) electrons. The van der Waals surface area contributed by atoms with Crippen molar-refractivity contribution in [3.8, 4) is 0 Å². The van der Waals surface area contributed by atoms with Crippen LogP contribution in [0, 0.1) is 12.8 Å². The molecule has 5 rings (SSSR count). The average Bonchev–Trinajstić information content (AvgIpc) is 3.40. The Morgan fingerprint density at radius 3 is 2.57 bits per heavy atom. The van der Waals surface area contributed by atoms with Gasteiger partial charge in [-0.25, -0.2) is 8.42 Å². The largest absolute Gasteiger partial charge is 0.361 e. The van der Waals surface area contributed by atoms with Crippen LogP contribution < -0.4 is 5.32 Å². The maximum Gasteiger partial charge on any atom is 0.273 e. The van der Waals surface area contributed by atoms with Gasteiger partial charge in [-0.3, -0.25) is 9.69 Å². The minimum Gasteiger partial charge on any atom is -0.361 e. The number of hydrogen-bond donors (Lipinski definition) is 1. The summed E-state index contributed by atoms with van der Waals surface area (Å²) in [6.45, 7) is 2.97. The Balaban J connectivity index is 1.31. The number of likely N-dealkylation sites (tertiary alicyclic amines) is 1. The Morgan fingerprint density at radius 2 is 1.93 bits per heavy atom.